The second kappa shape index (κ2) is 8.73. The normalized spacial score (nSPS) is 16.9. The van der Waals surface area contributed by atoms with Crippen molar-refractivity contribution in [2.24, 2.45) is 4.99 Å². The van der Waals surface area contributed by atoms with Gasteiger partial charge in [-0.15, -0.1) is 0 Å². The number of piperidine rings is 1. The van der Waals surface area contributed by atoms with Crippen LogP contribution in [0, 0.1) is 6.92 Å². The zero-order chi connectivity index (χ0) is 15.8. The second-order valence-corrected chi connectivity index (χ2v) is 5.58. The fraction of sp³-hybridized carbons (Fsp3) is 0.647. The summed E-state index contributed by atoms with van der Waals surface area (Å²) in [5.41, 5.74) is 2.24. The number of hydrogen-bond donors (Lipinski definition) is 1. The number of aliphatic imine (C=N–C) groups is 1. The van der Waals surface area contributed by atoms with E-state index in [9.17, 15) is 0 Å². The van der Waals surface area contributed by atoms with Crippen molar-refractivity contribution in [2.75, 3.05) is 26.2 Å². The molecule has 0 saturated carbocycles. The van der Waals surface area contributed by atoms with Crippen LogP contribution in [0.2, 0.25) is 0 Å². The van der Waals surface area contributed by atoms with Gasteiger partial charge in [0.2, 0.25) is 0 Å². The average Bonchev–Trinajstić information content (AvgIpc) is 2.54. The smallest absolute Gasteiger partial charge is 0.194 e. The molecule has 2 heterocycles. The number of ether oxygens (including phenoxy) is 1. The molecule has 0 aliphatic carbocycles. The minimum atomic E-state index is 0.405. The number of likely N-dealkylation sites (tertiary alicyclic amines) is 1. The highest BCUT2D eigenvalue weighted by molar-refractivity contribution is 5.80. The van der Waals surface area contributed by atoms with Gasteiger partial charge in [-0.3, -0.25) is 4.98 Å². The maximum atomic E-state index is 5.72. The van der Waals surface area contributed by atoms with Crippen LogP contribution >= 0.6 is 0 Å². The maximum absolute atomic E-state index is 5.72. The Balaban J connectivity index is 1.97. The Hall–Kier alpha value is -1.62. The Morgan fingerprint density at radius 1 is 1.41 bits per heavy atom. The van der Waals surface area contributed by atoms with E-state index >= 15 is 0 Å². The van der Waals surface area contributed by atoms with Crippen LogP contribution in [0.15, 0.2) is 23.3 Å². The molecule has 1 aromatic heterocycles. The number of pyridine rings is 1. The third-order valence-corrected chi connectivity index (χ3v) is 3.98. The Bertz CT molecular complexity index is 481. The number of aromatic nitrogens is 1. The first-order valence-electron chi connectivity index (χ1n) is 8.30. The first-order valence-corrected chi connectivity index (χ1v) is 8.30. The predicted molar refractivity (Wildman–Crippen MR) is 90.0 cm³/mol. The van der Waals surface area contributed by atoms with Crippen molar-refractivity contribution >= 4 is 5.96 Å². The minimum Gasteiger partial charge on any atom is -0.378 e. The summed E-state index contributed by atoms with van der Waals surface area (Å²) in [5.74, 6) is 0.988. The van der Waals surface area contributed by atoms with E-state index in [0.29, 0.717) is 12.6 Å². The first-order chi connectivity index (χ1) is 10.7. The summed E-state index contributed by atoms with van der Waals surface area (Å²) in [6.07, 6.45) is 4.38. The van der Waals surface area contributed by atoms with Crippen LogP contribution in [-0.2, 0) is 11.3 Å². The monoisotopic (exact) mass is 304 g/mol. The van der Waals surface area contributed by atoms with E-state index in [2.05, 4.69) is 42.0 Å². The third kappa shape index (κ3) is 4.70. The van der Waals surface area contributed by atoms with Crippen LogP contribution in [0.5, 0.6) is 0 Å². The van der Waals surface area contributed by atoms with E-state index in [4.69, 9.17) is 9.73 Å². The molecule has 0 aromatic carbocycles. The standard InChI is InChI=1S/C17H28N4O/c1-4-18-17(20-13-16-14(3)7-6-10-19-16)21-11-8-15(9-12-21)22-5-2/h6-7,10,15H,4-5,8-9,11-13H2,1-3H3,(H,18,20). The second-order valence-electron chi connectivity index (χ2n) is 5.58. The van der Waals surface area contributed by atoms with E-state index in [0.717, 1.165) is 50.7 Å². The van der Waals surface area contributed by atoms with Crippen molar-refractivity contribution in [3.05, 3.63) is 29.6 Å². The van der Waals surface area contributed by atoms with Crippen molar-refractivity contribution in [1.82, 2.24) is 15.2 Å². The molecule has 1 saturated heterocycles. The molecule has 122 valence electrons. The number of rotatable bonds is 5. The number of nitrogens with zero attached hydrogens (tertiary/aromatic N) is 3. The maximum Gasteiger partial charge on any atom is 0.194 e. The van der Waals surface area contributed by atoms with Gasteiger partial charge < -0.3 is 15.0 Å². The molecule has 5 nitrogen and oxygen atoms in total. The van der Waals surface area contributed by atoms with Crippen LogP contribution in [0.1, 0.15) is 37.9 Å². The fourth-order valence-corrected chi connectivity index (χ4v) is 2.73. The quantitative estimate of drug-likeness (QED) is 0.670. The predicted octanol–water partition coefficient (Wildman–Crippen LogP) is 2.36. The highest BCUT2D eigenvalue weighted by atomic mass is 16.5. The lowest BCUT2D eigenvalue weighted by Gasteiger charge is -2.34. The van der Waals surface area contributed by atoms with Gasteiger partial charge in [0.05, 0.1) is 18.3 Å². The molecule has 5 heteroatoms. The molecule has 1 aliphatic heterocycles. The van der Waals surface area contributed by atoms with Crippen LogP contribution in [0.25, 0.3) is 0 Å². The van der Waals surface area contributed by atoms with Crippen molar-refractivity contribution in [3.63, 3.8) is 0 Å². The van der Waals surface area contributed by atoms with Gasteiger partial charge in [-0.1, -0.05) is 6.07 Å². The zero-order valence-corrected chi connectivity index (χ0v) is 14.0. The summed E-state index contributed by atoms with van der Waals surface area (Å²) in [6.45, 7) is 10.6. The molecule has 0 bridgehead atoms. The van der Waals surface area contributed by atoms with Crippen LogP contribution < -0.4 is 5.32 Å². The SMILES string of the molecule is CCNC(=NCc1ncccc1C)N1CCC(OCC)CC1. The van der Waals surface area contributed by atoms with Gasteiger partial charge in [-0.05, 0) is 45.2 Å². The molecule has 1 aliphatic rings. The Morgan fingerprint density at radius 3 is 2.82 bits per heavy atom. The van der Waals surface area contributed by atoms with E-state index in [1.807, 2.05) is 12.3 Å². The molecule has 1 fully saturated rings. The van der Waals surface area contributed by atoms with Crippen LogP contribution in [0.3, 0.4) is 0 Å². The summed E-state index contributed by atoms with van der Waals surface area (Å²) < 4.78 is 5.72. The lowest BCUT2D eigenvalue weighted by molar-refractivity contribution is 0.0263. The first kappa shape index (κ1) is 16.7. The topological polar surface area (TPSA) is 49.8 Å². The number of aryl methyl sites for hydroxylation is 1. The largest absolute Gasteiger partial charge is 0.378 e. The molecular formula is C17H28N4O. The molecule has 0 radical (unpaired) electrons. The van der Waals surface area contributed by atoms with Gasteiger partial charge in [0.1, 0.15) is 0 Å². The summed E-state index contributed by atoms with van der Waals surface area (Å²) >= 11 is 0. The molecule has 0 unspecified atom stereocenters. The molecule has 1 N–H and O–H groups in total. The summed E-state index contributed by atoms with van der Waals surface area (Å²) in [5, 5.41) is 3.40. The Kier molecular flexibility index (Phi) is 6.65. The highest BCUT2D eigenvalue weighted by Crippen LogP contribution is 2.14. The fourth-order valence-electron chi connectivity index (χ4n) is 2.73. The van der Waals surface area contributed by atoms with Crippen molar-refractivity contribution in [2.45, 2.75) is 46.3 Å². The van der Waals surface area contributed by atoms with Crippen molar-refractivity contribution in [1.29, 1.82) is 0 Å². The molecule has 0 spiro atoms. The lowest BCUT2D eigenvalue weighted by Crippen LogP contribution is -2.47. The molecule has 2 rings (SSSR count). The lowest BCUT2D eigenvalue weighted by atomic mass is 10.1. The van der Waals surface area contributed by atoms with Gasteiger partial charge in [-0.25, -0.2) is 4.99 Å². The van der Waals surface area contributed by atoms with E-state index in [-0.39, 0.29) is 0 Å². The minimum absolute atomic E-state index is 0.405. The number of guanidine groups is 1. The number of hydrogen-bond acceptors (Lipinski definition) is 3. The molecule has 0 amide bonds. The molecule has 0 atom stereocenters. The van der Waals surface area contributed by atoms with Gasteiger partial charge in [0, 0.05) is 32.4 Å². The van der Waals surface area contributed by atoms with E-state index in [1.165, 1.54) is 5.56 Å². The van der Waals surface area contributed by atoms with Gasteiger partial charge in [0.15, 0.2) is 5.96 Å². The van der Waals surface area contributed by atoms with E-state index in [1.54, 1.807) is 0 Å². The van der Waals surface area contributed by atoms with Crippen molar-refractivity contribution in [3.8, 4) is 0 Å². The Labute approximate surface area is 133 Å². The summed E-state index contributed by atoms with van der Waals surface area (Å²) in [4.78, 5) is 11.5. The van der Waals surface area contributed by atoms with Crippen LogP contribution in [-0.4, -0.2) is 48.2 Å². The highest BCUT2D eigenvalue weighted by Gasteiger charge is 2.21. The van der Waals surface area contributed by atoms with Gasteiger partial charge in [0.25, 0.3) is 0 Å². The molecule has 1 aromatic rings. The van der Waals surface area contributed by atoms with Crippen molar-refractivity contribution < 1.29 is 4.74 Å². The van der Waals surface area contributed by atoms with Gasteiger partial charge in [-0.2, -0.15) is 0 Å². The zero-order valence-electron chi connectivity index (χ0n) is 14.0. The Morgan fingerprint density at radius 2 is 2.18 bits per heavy atom. The van der Waals surface area contributed by atoms with Crippen LogP contribution in [0.4, 0.5) is 0 Å². The molecular weight excluding hydrogens is 276 g/mol. The average molecular weight is 304 g/mol. The van der Waals surface area contributed by atoms with E-state index < -0.39 is 0 Å². The summed E-state index contributed by atoms with van der Waals surface area (Å²) in [7, 11) is 0. The number of nitrogens with one attached hydrogen (secondary N) is 1. The summed E-state index contributed by atoms with van der Waals surface area (Å²) in [6, 6.07) is 4.05. The van der Waals surface area contributed by atoms with Gasteiger partial charge >= 0.3 is 0 Å². The molecule has 22 heavy (non-hydrogen) atoms. The third-order valence-electron chi connectivity index (χ3n) is 3.98.